The molecule has 4 nitrogen and oxygen atoms in total. The van der Waals surface area contributed by atoms with Gasteiger partial charge in [-0.1, -0.05) is 6.92 Å². The predicted octanol–water partition coefficient (Wildman–Crippen LogP) is 1.40. The molecule has 0 radical (unpaired) electrons. The van der Waals surface area contributed by atoms with Crippen LogP contribution in [0.25, 0.3) is 0 Å². The molecule has 0 aromatic carbocycles. The van der Waals surface area contributed by atoms with Gasteiger partial charge in [-0.3, -0.25) is 4.79 Å². The molecule has 1 aromatic heterocycles. The Morgan fingerprint density at radius 1 is 1.56 bits per heavy atom. The van der Waals surface area contributed by atoms with E-state index in [1.807, 2.05) is 6.92 Å². The lowest BCUT2D eigenvalue weighted by Crippen LogP contribution is -2.48. The van der Waals surface area contributed by atoms with Crippen LogP contribution in [0.3, 0.4) is 0 Å². The summed E-state index contributed by atoms with van der Waals surface area (Å²) in [4.78, 5) is 13.9. The van der Waals surface area contributed by atoms with Crippen LogP contribution in [0, 0.1) is 12.8 Å². The molecular weight excluding hydrogens is 204 g/mol. The highest BCUT2D eigenvalue weighted by Crippen LogP contribution is 2.19. The van der Waals surface area contributed by atoms with E-state index in [2.05, 4.69) is 6.92 Å². The second kappa shape index (κ2) is 4.29. The van der Waals surface area contributed by atoms with Gasteiger partial charge in [0, 0.05) is 24.7 Å². The fourth-order valence-electron chi connectivity index (χ4n) is 2.30. The number of amides is 1. The maximum atomic E-state index is 12.1. The molecule has 2 rings (SSSR count). The molecule has 4 heteroatoms. The zero-order valence-corrected chi connectivity index (χ0v) is 9.77. The Morgan fingerprint density at radius 3 is 2.88 bits per heavy atom. The molecule has 1 aliphatic rings. The van der Waals surface area contributed by atoms with Gasteiger partial charge in [-0.05, 0) is 25.3 Å². The first-order chi connectivity index (χ1) is 7.58. The van der Waals surface area contributed by atoms with E-state index in [1.165, 1.54) is 0 Å². The van der Waals surface area contributed by atoms with Gasteiger partial charge < -0.3 is 15.1 Å². The molecule has 2 atom stereocenters. The van der Waals surface area contributed by atoms with Crippen LogP contribution in [0.2, 0.25) is 0 Å². The topological polar surface area (TPSA) is 59.5 Å². The lowest BCUT2D eigenvalue weighted by atomic mass is 9.96. The Bertz CT molecular complexity index is 376. The van der Waals surface area contributed by atoms with Crippen LogP contribution in [0.5, 0.6) is 0 Å². The van der Waals surface area contributed by atoms with Crippen LogP contribution in [0.4, 0.5) is 0 Å². The third-order valence-electron chi connectivity index (χ3n) is 3.04. The van der Waals surface area contributed by atoms with Crippen molar-refractivity contribution in [1.29, 1.82) is 0 Å². The van der Waals surface area contributed by atoms with E-state index in [4.69, 9.17) is 10.2 Å². The van der Waals surface area contributed by atoms with Crippen molar-refractivity contribution >= 4 is 5.91 Å². The average Bonchev–Trinajstić information content (AvgIpc) is 2.62. The van der Waals surface area contributed by atoms with Gasteiger partial charge in [-0.15, -0.1) is 0 Å². The maximum absolute atomic E-state index is 12.1. The summed E-state index contributed by atoms with van der Waals surface area (Å²) < 4.78 is 5.22. The van der Waals surface area contributed by atoms with Crippen LogP contribution in [-0.4, -0.2) is 29.9 Å². The molecule has 0 bridgehead atoms. The Kier molecular flexibility index (Phi) is 3.01. The molecule has 1 fully saturated rings. The van der Waals surface area contributed by atoms with Crippen molar-refractivity contribution in [2.75, 3.05) is 13.1 Å². The Labute approximate surface area is 95.4 Å². The van der Waals surface area contributed by atoms with Crippen molar-refractivity contribution < 1.29 is 9.21 Å². The van der Waals surface area contributed by atoms with Gasteiger partial charge in [0.05, 0.1) is 6.26 Å². The Balaban J connectivity index is 2.13. The Hall–Kier alpha value is -1.29. The summed E-state index contributed by atoms with van der Waals surface area (Å²) in [5.74, 6) is 0.869. The number of nitrogens with zero attached hydrogens (tertiary/aromatic N) is 1. The molecule has 1 aromatic rings. The van der Waals surface area contributed by atoms with Crippen LogP contribution in [-0.2, 0) is 0 Å². The number of hydrogen-bond acceptors (Lipinski definition) is 3. The normalized spacial score (nSPS) is 25.8. The van der Waals surface area contributed by atoms with Gasteiger partial charge in [0.2, 0.25) is 0 Å². The van der Waals surface area contributed by atoms with Crippen LogP contribution in [0.1, 0.15) is 29.5 Å². The molecule has 88 valence electrons. The lowest BCUT2D eigenvalue weighted by Gasteiger charge is -2.34. The number of rotatable bonds is 1. The molecule has 2 unspecified atom stereocenters. The lowest BCUT2D eigenvalue weighted by molar-refractivity contribution is 0.0628. The summed E-state index contributed by atoms with van der Waals surface area (Å²) in [7, 11) is 0. The minimum atomic E-state index is -0.0375. The zero-order chi connectivity index (χ0) is 11.7. The van der Waals surface area contributed by atoms with Crippen LogP contribution in [0.15, 0.2) is 16.7 Å². The van der Waals surface area contributed by atoms with Gasteiger partial charge in [0.1, 0.15) is 0 Å². The summed E-state index contributed by atoms with van der Waals surface area (Å²) in [5.41, 5.74) is 6.81. The summed E-state index contributed by atoms with van der Waals surface area (Å²) in [6.45, 7) is 5.40. The molecule has 0 aliphatic carbocycles. The van der Waals surface area contributed by atoms with E-state index in [0.29, 0.717) is 18.2 Å². The summed E-state index contributed by atoms with van der Waals surface area (Å²) in [5, 5.41) is 0. The highest BCUT2D eigenvalue weighted by atomic mass is 16.3. The molecule has 2 N–H and O–H groups in total. The fourth-order valence-corrected chi connectivity index (χ4v) is 2.30. The first kappa shape index (κ1) is 11.2. The number of nitrogens with two attached hydrogens (primary N) is 1. The first-order valence-corrected chi connectivity index (χ1v) is 5.67. The van der Waals surface area contributed by atoms with E-state index in [9.17, 15) is 4.79 Å². The number of likely N-dealkylation sites (tertiary alicyclic amines) is 1. The average molecular weight is 222 g/mol. The molecule has 0 saturated carbocycles. The zero-order valence-electron chi connectivity index (χ0n) is 9.77. The van der Waals surface area contributed by atoms with Gasteiger partial charge in [0.15, 0.2) is 5.76 Å². The molecular formula is C12H18N2O2. The van der Waals surface area contributed by atoms with Gasteiger partial charge in [-0.2, -0.15) is 0 Å². The maximum Gasteiger partial charge on any atom is 0.289 e. The number of aryl methyl sites for hydroxylation is 1. The van der Waals surface area contributed by atoms with Gasteiger partial charge in [0.25, 0.3) is 5.91 Å². The van der Waals surface area contributed by atoms with Crippen molar-refractivity contribution in [1.82, 2.24) is 4.90 Å². The molecule has 1 saturated heterocycles. The van der Waals surface area contributed by atoms with Crippen molar-refractivity contribution in [2.24, 2.45) is 11.7 Å². The third-order valence-corrected chi connectivity index (χ3v) is 3.04. The minimum absolute atomic E-state index is 0.0375. The number of carbonyl (C=O) groups excluding carboxylic acids is 1. The second-order valence-corrected chi connectivity index (χ2v) is 4.74. The van der Waals surface area contributed by atoms with Crippen LogP contribution >= 0.6 is 0 Å². The third kappa shape index (κ3) is 2.11. The van der Waals surface area contributed by atoms with E-state index >= 15 is 0 Å². The van der Waals surface area contributed by atoms with E-state index in [0.717, 1.165) is 18.5 Å². The molecule has 1 aliphatic heterocycles. The largest absolute Gasteiger partial charge is 0.459 e. The van der Waals surface area contributed by atoms with E-state index < -0.39 is 0 Å². The highest BCUT2D eigenvalue weighted by molar-refractivity contribution is 5.92. The molecule has 1 amide bonds. The number of carbonyl (C=O) groups is 1. The van der Waals surface area contributed by atoms with Gasteiger partial charge >= 0.3 is 0 Å². The number of hydrogen-bond donors (Lipinski definition) is 1. The van der Waals surface area contributed by atoms with Gasteiger partial charge in [-0.25, -0.2) is 0 Å². The van der Waals surface area contributed by atoms with Crippen molar-refractivity contribution in [2.45, 2.75) is 26.3 Å². The SMILES string of the molecule is Cc1ccoc1C(=O)N1CC(C)CC(N)C1. The monoisotopic (exact) mass is 222 g/mol. The van der Waals surface area contributed by atoms with E-state index in [-0.39, 0.29) is 11.9 Å². The van der Waals surface area contributed by atoms with Crippen molar-refractivity contribution in [3.63, 3.8) is 0 Å². The second-order valence-electron chi connectivity index (χ2n) is 4.74. The van der Waals surface area contributed by atoms with E-state index in [1.54, 1.807) is 17.2 Å². The van der Waals surface area contributed by atoms with Crippen molar-refractivity contribution in [3.8, 4) is 0 Å². The first-order valence-electron chi connectivity index (χ1n) is 5.67. The quantitative estimate of drug-likeness (QED) is 0.781. The smallest absolute Gasteiger partial charge is 0.289 e. The predicted molar refractivity (Wildman–Crippen MR) is 61.1 cm³/mol. The molecule has 2 heterocycles. The number of piperidine rings is 1. The highest BCUT2D eigenvalue weighted by Gasteiger charge is 2.28. The summed E-state index contributed by atoms with van der Waals surface area (Å²) >= 11 is 0. The standard InChI is InChI=1S/C12H18N2O2/c1-8-5-10(13)7-14(6-8)12(15)11-9(2)3-4-16-11/h3-4,8,10H,5-7,13H2,1-2H3. The fraction of sp³-hybridized carbons (Fsp3) is 0.583. The molecule has 16 heavy (non-hydrogen) atoms. The summed E-state index contributed by atoms with van der Waals surface area (Å²) in [6, 6.07) is 1.89. The minimum Gasteiger partial charge on any atom is -0.459 e. The molecule has 0 spiro atoms. The number of furan rings is 1. The van der Waals surface area contributed by atoms with Crippen molar-refractivity contribution in [3.05, 3.63) is 23.7 Å². The summed E-state index contributed by atoms with van der Waals surface area (Å²) in [6.07, 6.45) is 2.54. The Morgan fingerprint density at radius 2 is 2.31 bits per heavy atom. The van der Waals surface area contributed by atoms with Crippen LogP contribution < -0.4 is 5.73 Å².